The summed E-state index contributed by atoms with van der Waals surface area (Å²) in [5.41, 5.74) is 0.634. The van der Waals surface area contributed by atoms with Crippen molar-refractivity contribution in [3.63, 3.8) is 0 Å². The highest BCUT2D eigenvalue weighted by molar-refractivity contribution is 5.83. The molecule has 0 aliphatic carbocycles. The maximum atomic E-state index is 13.9. The van der Waals surface area contributed by atoms with Crippen LogP contribution in [-0.4, -0.2) is 59.1 Å². The molecule has 1 aliphatic heterocycles. The molecule has 2 rings (SSSR count). The predicted octanol–water partition coefficient (Wildman–Crippen LogP) is 3.54. The van der Waals surface area contributed by atoms with Crippen LogP contribution >= 0.6 is 0 Å². The Morgan fingerprint density at radius 2 is 1.88 bits per heavy atom. The number of hydrogen-bond donors (Lipinski definition) is 1. The average Bonchev–Trinajstić information content (AvgIpc) is 2.54. The Labute approximate surface area is 154 Å². The molecule has 0 bridgehead atoms. The molecule has 0 aromatic heterocycles. The normalized spacial score (nSPS) is 15.8. The number of hydrazone groups is 1. The number of carbonyl (C=O) groups excluding carboxylic acids is 1. The van der Waals surface area contributed by atoms with Crippen LogP contribution in [0.5, 0.6) is 5.75 Å². The number of carbonyl (C=O) groups is 1. The summed E-state index contributed by atoms with van der Waals surface area (Å²) < 4.78 is 19.2. The van der Waals surface area contributed by atoms with E-state index in [2.05, 4.69) is 5.10 Å². The van der Waals surface area contributed by atoms with Crippen LogP contribution in [0.1, 0.15) is 51.7 Å². The van der Waals surface area contributed by atoms with Crippen molar-refractivity contribution in [3.8, 4) is 5.75 Å². The lowest BCUT2D eigenvalue weighted by atomic mass is 10.0. The highest BCUT2D eigenvalue weighted by Gasteiger charge is 2.25. The molecule has 1 N–H and O–H groups in total. The van der Waals surface area contributed by atoms with Crippen molar-refractivity contribution in [1.82, 2.24) is 9.91 Å². The lowest BCUT2D eigenvalue weighted by molar-refractivity contribution is 0.0148. The molecule has 26 heavy (non-hydrogen) atoms. The summed E-state index contributed by atoms with van der Waals surface area (Å²) in [6.07, 6.45) is 1.14. The Balaban J connectivity index is 1.98. The van der Waals surface area contributed by atoms with Gasteiger partial charge in [0.1, 0.15) is 5.60 Å². The quantitative estimate of drug-likeness (QED) is 0.832. The Kier molecular flexibility index (Phi) is 6.10. The summed E-state index contributed by atoms with van der Waals surface area (Å²) in [7, 11) is 0. The lowest BCUT2D eigenvalue weighted by Gasteiger charge is -2.34. The number of rotatable bonds is 3. The minimum atomic E-state index is -0.646. The molecular formula is C19H28FN3O3. The first-order valence-electron chi connectivity index (χ1n) is 8.86. The predicted molar refractivity (Wildman–Crippen MR) is 99.1 cm³/mol. The van der Waals surface area contributed by atoms with Crippen LogP contribution in [0, 0.1) is 5.82 Å². The SMILES string of the molecule is CC(C)c1cc(F)c(O)c(/C=N/N2CCN(C(=O)OC(C)(C)C)CC2)c1. The van der Waals surface area contributed by atoms with E-state index in [9.17, 15) is 14.3 Å². The number of hydrogen-bond acceptors (Lipinski definition) is 5. The fourth-order valence-electron chi connectivity index (χ4n) is 2.54. The average molecular weight is 365 g/mol. The number of amides is 1. The van der Waals surface area contributed by atoms with Crippen molar-refractivity contribution >= 4 is 12.3 Å². The third-order valence-corrected chi connectivity index (χ3v) is 4.05. The molecule has 0 spiro atoms. The molecule has 0 unspecified atom stereocenters. The summed E-state index contributed by atoms with van der Waals surface area (Å²) in [6.45, 7) is 11.5. The number of ether oxygens (including phenoxy) is 1. The van der Waals surface area contributed by atoms with Crippen molar-refractivity contribution in [1.29, 1.82) is 0 Å². The molecule has 0 radical (unpaired) electrons. The molecule has 144 valence electrons. The van der Waals surface area contributed by atoms with Gasteiger partial charge in [-0.2, -0.15) is 5.10 Å². The molecule has 1 amide bonds. The summed E-state index contributed by atoms with van der Waals surface area (Å²) in [6, 6.07) is 3.08. The summed E-state index contributed by atoms with van der Waals surface area (Å²) in [5, 5.41) is 16.0. The van der Waals surface area contributed by atoms with Crippen LogP contribution < -0.4 is 0 Å². The van der Waals surface area contributed by atoms with Crippen LogP contribution in [0.25, 0.3) is 0 Å². The molecule has 7 heteroatoms. The fourth-order valence-corrected chi connectivity index (χ4v) is 2.54. The third kappa shape index (κ3) is 5.34. The van der Waals surface area contributed by atoms with Gasteiger partial charge >= 0.3 is 6.09 Å². The Hall–Kier alpha value is -2.31. The van der Waals surface area contributed by atoms with Gasteiger partial charge in [0.05, 0.1) is 19.3 Å². The second kappa shape index (κ2) is 7.93. The highest BCUT2D eigenvalue weighted by Crippen LogP contribution is 2.26. The number of phenolic OH excluding ortho intramolecular Hbond substituents is 1. The van der Waals surface area contributed by atoms with Gasteiger partial charge in [-0.3, -0.25) is 5.01 Å². The molecule has 0 saturated carbocycles. The zero-order valence-corrected chi connectivity index (χ0v) is 16.1. The van der Waals surface area contributed by atoms with E-state index >= 15 is 0 Å². The number of aromatic hydroxyl groups is 1. The van der Waals surface area contributed by atoms with E-state index in [0.29, 0.717) is 31.7 Å². The Morgan fingerprint density at radius 3 is 2.42 bits per heavy atom. The van der Waals surface area contributed by atoms with E-state index in [0.717, 1.165) is 5.56 Å². The van der Waals surface area contributed by atoms with E-state index in [1.807, 2.05) is 34.6 Å². The molecule has 0 atom stereocenters. The van der Waals surface area contributed by atoms with Gasteiger partial charge in [-0.05, 0) is 44.4 Å². The lowest BCUT2D eigenvalue weighted by Crippen LogP contribution is -2.48. The van der Waals surface area contributed by atoms with Crippen molar-refractivity contribution in [2.45, 2.75) is 46.1 Å². The van der Waals surface area contributed by atoms with E-state index in [4.69, 9.17) is 4.74 Å². The minimum absolute atomic E-state index is 0.148. The van der Waals surface area contributed by atoms with Gasteiger partial charge in [0.15, 0.2) is 11.6 Å². The Morgan fingerprint density at radius 1 is 1.27 bits per heavy atom. The van der Waals surface area contributed by atoms with Crippen molar-refractivity contribution in [2.75, 3.05) is 26.2 Å². The maximum Gasteiger partial charge on any atom is 0.410 e. The summed E-state index contributed by atoms with van der Waals surface area (Å²) >= 11 is 0. The highest BCUT2D eigenvalue weighted by atomic mass is 19.1. The van der Waals surface area contributed by atoms with Gasteiger partial charge < -0.3 is 14.7 Å². The molecule has 6 nitrogen and oxygen atoms in total. The van der Waals surface area contributed by atoms with Gasteiger partial charge in [-0.15, -0.1) is 0 Å². The first kappa shape index (κ1) is 20.0. The number of phenols is 1. The van der Waals surface area contributed by atoms with Gasteiger partial charge in [0, 0.05) is 18.7 Å². The van der Waals surface area contributed by atoms with Crippen molar-refractivity contribution < 1.29 is 19.0 Å². The first-order chi connectivity index (χ1) is 12.1. The second-order valence-corrected chi connectivity index (χ2v) is 7.76. The molecule has 1 heterocycles. The number of benzene rings is 1. The van der Waals surface area contributed by atoms with Crippen LogP contribution in [-0.2, 0) is 4.74 Å². The second-order valence-electron chi connectivity index (χ2n) is 7.76. The molecular weight excluding hydrogens is 337 g/mol. The van der Waals surface area contributed by atoms with E-state index in [-0.39, 0.29) is 12.0 Å². The first-order valence-corrected chi connectivity index (χ1v) is 8.86. The van der Waals surface area contributed by atoms with E-state index < -0.39 is 17.2 Å². The van der Waals surface area contributed by atoms with Crippen LogP contribution in [0.15, 0.2) is 17.2 Å². The number of piperazine rings is 1. The van der Waals surface area contributed by atoms with Crippen LogP contribution in [0.4, 0.5) is 9.18 Å². The van der Waals surface area contributed by atoms with E-state index in [1.165, 1.54) is 12.3 Å². The zero-order valence-electron chi connectivity index (χ0n) is 16.1. The summed E-state index contributed by atoms with van der Waals surface area (Å²) in [5.74, 6) is -0.896. The standard InChI is InChI=1S/C19H28FN3O3/c1-13(2)14-10-15(17(24)16(20)11-14)12-21-23-8-6-22(7-9-23)18(25)26-19(3,4)5/h10-13,24H,6-9H2,1-5H3/b21-12+. The monoisotopic (exact) mass is 365 g/mol. The largest absolute Gasteiger partial charge is 0.504 e. The fraction of sp³-hybridized carbons (Fsp3) is 0.579. The number of halogens is 1. The summed E-state index contributed by atoms with van der Waals surface area (Å²) in [4.78, 5) is 13.7. The molecule has 1 aromatic rings. The molecule has 1 fully saturated rings. The van der Waals surface area contributed by atoms with Gasteiger partial charge in [0.25, 0.3) is 0 Å². The molecule has 1 saturated heterocycles. The van der Waals surface area contributed by atoms with Crippen molar-refractivity contribution in [2.24, 2.45) is 5.10 Å². The topological polar surface area (TPSA) is 65.4 Å². The maximum absolute atomic E-state index is 13.9. The van der Waals surface area contributed by atoms with Crippen molar-refractivity contribution in [3.05, 3.63) is 29.1 Å². The van der Waals surface area contributed by atoms with Crippen LogP contribution in [0.2, 0.25) is 0 Å². The molecule has 1 aliphatic rings. The van der Waals surface area contributed by atoms with Gasteiger partial charge in [-0.1, -0.05) is 13.8 Å². The molecule has 1 aromatic carbocycles. The smallest absolute Gasteiger partial charge is 0.410 e. The van der Waals surface area contributed by atoms with Crippen LogP contribution in [0.3, 0.4) is 0 Å². The third-order valence-electron chi connectivity index (χ3n) is 4.05. The van der Waals surface area contributed by atoms with Gasteiger partial charge in [-0.25, -0.2) is 9.18 Å². The van der Waals surface area contributed by atoms with Gasteiger partial charge in [0.2, 0.25) is 0 Å². The minimum Gasteiger partial charge on any atom is -0.504 e. The zero-order chi connectivity index (χ0) is 19.5. The van der Waals surface area contributed by atoms with E-state index in [1.54, 1.807) is 16.0 Å². The number of nitrogens with zero attached hydrogens (tertiary/aromatic N) is 3. The Bertz CT molecular complexity index is 675.